The van der Waals surface area contributed by atoms with Gasteiger partial charge in [-0.3, -0.25) is 19.8 Å². The zero-order chi connectivity index (χ0) is 25.8. The Balaban J connectivity index is 1.61. The van der Waals surface area contributed by atoms with Crippen molar-refractivity contribution >= 4 is 35.6 Å². The Morgan fingerprint density at radius 1 is 1.08 bits per heavy atom. The highest BCUT2D eigenvalue weighted by molar-refractivity contribution is 6.14. The number of rotatable bonds is 7. The Labute approximate surface area is 202 Å². The van der Waals surface area contributed by atoms with E-state index in [0.29, 0.717) is 0 Å². The number of hydrogen-bond acceptors (Lipinski definition) is 9. The van der Waals surface area contributed by atoms with E-state index in [9.17, 15) is 29.3 Å². The second kappa shape index (κ2) is 9.93. The number of amides is 3. The zero-order valence-electron chi connectivity index (χ0n) is 18.6. The van der Waals surface area contributed by atoms with Crippen molar-refractivity contribution in [3.8, 4) is 5.75 Å². The highest BCUT2D eigenvalue weighted by atomic mass is 16.6. The molecule has 1 aliphatic rings. The first kappa shape index (κ1) is 23.9. The van der Waals surface area contributed by atoms with Crippen LogP contribution in [0.4, 0.5) is 10.5 Å². The third-order valence-electron chi connectivity index (χ3n) is 5.04. The number of nitrogens with zero attached hydrogens (tertiary/aromatic N) is 2. The van der Waals surface area contributed by atoms with Crippen molar-refractivity contribution in [2.45, 2.75) is 6.54 Å². The number of nitrogens with one attached hydrogen (secondary N) is 1. The number of urea groups is 1. The van der Waals surface area contributed by atoms with Crippen molar-refractivity contribution in [2.75, 3.05) is 7.11 Å². The molecule has 2 aromatic carbocycles. The maximum absolute atomic E-state index is 12.9. The molecule has 0 spiro atoms. The Hall–Kier alpha value is -5.26. The minimum atomic E-state index is -0.782. The molecule has 3 amide bonds. The molecule has 1 saturated heterocycles. The molecule has 12 nitrogen and oxygen atoms in total. The third-order valence-corrected chi connectivity index (χ3v) is 5.04. The lowest BCUT2D eigenvalue weighted by Gasteiger charge is -2.09. The van der Waals surface area contributed by atoms with Gasteiger partial charge in [0.2, 0.25) is 5.76 Å². The lowest BCUT2D eigenvalue weighted by atomic mass is 10.1. The molecule has 12 heteroatoms. The molecule has 0 saturated carbocycles. The molecule has 36 heavy (non-hydrogen) atoms. The van der Waals surface area contributed by atoms with Crippen LogP contribution < -0.4 is 10.1 Å². The van der Waals surface area contributed by atoms with E-state index in [4.69, 9.17) is 9.15 Å². The SMILES string of the molecule is COC(=O)c1ccc(CN2C(=O)NC(=Cc3cc([N+](=O)[O-])ccc3OC(=O)c3ccccc3)C2=O)o1. The van der Waals surface area contributed by atoms with Crippen LogP contribution >= 0.6 is 0 Å². The van der Waals surface area contributed by atoms with Crippen molar-refractivity contribution in [3.63, 3.8) is 0 Å². The maximum Gasteiger partial charge on any atom is 0.373 e. The van der Waals surface area contributed by atoms with E-state index in [1.165, 1.54) is 43.5 Å². The van der Waals surface area contributed by atoms with Crippen molar-refractivity contribution in [2.24, 2.45) is 0 Å². The van der Waals surface area contributed by atoms with E-state index in [1.807, 2.05) is 0 Å². The topological polar surface area (TPSA) is 158 Å². The smallest absolute Gasteiger partial charge is 0.373 e. The van der Waals surface area contributed by atoms with Gasteiger partial charge in [0.1, 0.15) is 17.2 Å². The fourth-order valence-electron chi connectivity index (χ4n) is 3.29. The van der Waals surface area contributed by atoms with Gasteiger partial charge in [-0.15, -0.1) is 0 Å². The van der Waals surface area contributed by atoms with Crippen LogP contribution in [0.3, 0.4) is 0 Å². The first-order chi connectivity index (χ1) is 17.3. The Morgan fingerprint density at radius 2 is 1.83 bits per heavy atom. The number of non-ortho nitro benzene ring substituents is 1. The van der Waals surface area contributed by atoms with Crippen LogP contribution in [0.15, 0.2) is 70.8 Å². The molecule has 182 valence electrons. The molecule has 0 radical (unpaired) electrons. The van der Waals surface area contributed by atoms with Gasteiger partial charge in [-0.2, -0.15) is 0 Å². The quantitative estimate of drug-likeness (QED) is 0.131. The normalized spacial score (nSPS) is 14.0. The molecule has 1 N–H and O–H groups in total. The van der Waals surface area contributed by atoms with Crippen molar-refractivity contribution in [1.29, 1.82) is 0 Å². The molecule has 0 atom stereocenters. The predicted molar refractivity (Wildman–Crippen MR) is 122 cm³/mol. The van der Waals surface area contributed by atoms with E-state index in [-0.39, 0.29) is 46.3 Å². The van der Waals surface area contributed by atoms with Gasteiger partial charge in [0.05, 0.1) is 24.1 Å². The molecule has 1 aliphatic heterocycles. The number of nitro groups is 1. The number of nitro benzene ring substituents is 1. The van der Waals surface area contributed by atoms with Crippen LogP contribution in [0.1, 0.15) is 32.2 Å². The van der Waals surface area contributed by atoms with Gasteiger partial charge in [-0.25, -0.2) is 14.4 Å². The number of carbonyl (C=O) groups is 4. The van der Waals surface area contributed by atoms with Crippen molar-refractivity contribution in [3.05, 3.63) is 99.1 Å². The summed E-state index contributed by atoms with van der Waals surface area (Å²) < 4.78 is 15.2. The molecular weight excluding hydrogens is 474 g/mol. The number of benzene rings is 2. The largest absolute Gasteiger partial charge is 0.463 e. The summed E-state index contributed by atoms with van der Waals surface area (Å²) in [5.74, 6) is -2.21. The Kier molecular flexibility index (Phi) is 6.59. The molecule has 2 heterocycles. The average Bonchev–Trinajstić information content (AvgIpc) is 3.45. The van der Waals surface area contributed by atoms with Gasteiger partial charge in [-0.1, -0.05) is 18.2 Å². The summed E-state index contributed by atoms with van der Waals surface area (Å²) in [6, 6.07) is 13.5. The zero-order valence-corrected chi connectivity index (χ0v) is 18.6. The van der Waals surface area contributed by atoms with Gasteiger partial charge >= 0.3 is 18.0 Å². The first-order valence-corrected chi connectivity index (χ1v) is 10.3. The van der Waals surface area contributed by atoms with Crippen LogP contribution in [-0.2, 0) is 16.1 Å². The summed E-state index contributed by atoms with van der Waals surface area (Å²) in [5, 5.41) is 13.7. The number of imide groups is 1. The molecule has 3 aromatic rings. The second-order valence-corrected chi connectivity index (χ2v) is 7.37. The first-order valence-electron chi connectivity index (χ1n) is 10.3. The highest BCUT2D eigenvalue weighted by Gasteiger charge is 2.35. The minimum absolute atomic E-state index is 0.0185. The van der Waals surface area contributed by atoms with Gasteiger partial charge in [-0.05, 0) is 36.4 Å². The fraction of sp³-hybridized carbons (Fsp3) is 0.0833. The van der Waals surface area contributed by atoms with Crippen LogP contribution in [0.25, 0.3) is 6.08 Å². The molecule has 0 aliphatic carbocycles. The lowest BCUT2D eigenvalue weighted by Crippen LogP contribution is -2.30. The fourth-order valence-corrected chi connectivity index (χ4v) is 3.29. The van der Waals surface area contributed by atoms with Gasteiger partial charge in [0.15, 0.2) is 0 Å². The number of methoxy groups -OCH3 is 1. The Morgan fingerprint density at radius 3 is 2.53 bits per heavy atom. The number of furan rings is 1. The molecule has 1 fully saturated rings. The van der Waals surface area contributed by atoms with Crippen molar-refractivity contribution < 1.29 is 38.0 Å². The summed E-state index contributed by atoms with van der Waals surface area (Å²) >= 11 is 0. The van der Waals surface area contributed by atoms with Crippen molar-refractivity contribution in [1.82, 2.24) is 10.2 Å². The summed E-state index contributed by atoms with van der Waals surface area (Å²) in [6.45, 7) is -0.288. The number of ether oxygens (including phenoxy) is 2. The molecule has 1 aromatic heterocycles. The lowest BCUT2D eigenvalue weighted by molar-refractivity contribution is -0.384. The number of hydrogen-bond donors (Lipinski definition) is 1. The summed E-state index contributed by atoms with van der Waals surface area (Å²) in [7, 11) is 1.18. The predicted octanol–water partition coefficient (Wildman–Crippen LogP) is 3.29. The number of carbonyl (C=O) groups excluding carboxylic acids is 4. The van der Waals surface area contributed by atoms with Crippen LogP contribution in [0, 0.1) is 10.1 Å². The van der Waals surface area contributed by atoms with E-state index >= 15 is 0 Å². The summed E-state index contributed by atoms with van der Waals surface area (Å²) in [4.78, 5) is 60.8. The minimum Gasteiger partial charge on any atom is -0.463 e. The number of esters is 2. The van der Waals surface area contributed by atoms with E-state index in [1.54, 1.807) is 18.2 Å². The average molecular weight is 491 g/mol. The summed E-state index contributed by atoms with van der Waals surface area (Å²) in [6.07, 6.45) is 1.17. The standard InChI is InChI=1S/C24H17N3O9/c1-34-23(30)20-10-8-17(35-20)13-26-21(28)18(25-24(26)31)12-15-11-16(27(32)33)7-9-19(15)36-22(29)14-5-3-2-4-6-14/h2-12H,13H2,1H3,(H,25,31). The Bertz CT molecular complexity index is 1410. The van der Waals surface area contributed by atoms with Crippen LogP contribution in [0.5, 0.6) is 5.75 Å². The van der Waals surface area contributed by atoms with Gasteiger partial charge in [0.25, 0.3) is 11.6 Å². The van der Waals surface area contributed by atoms with Crippen LogP contribution in [0.2, 0.25) is 0 Å². The van der Waals surface area contributed by atoms with E-state index < -0.39 is 28.8 Å². The second-order valence-electron chi connectivity index (χ2n) is 7.37. The highest BCUT2D eigenvalue weighted by Crippen LogP contribution is 2.28. The molecule has 0 bridgehead atoms. The van der Waals surface area contributed by atoms with E-state index in [2.05, 4.69) is 10.1 Å². The van der Waals surface area contributed by atoms with Gasteiger partial charge < -0.3 is 19.2 Å². The monoisotopic (exact) mass is 491 g/mol. The maximum atomic E-state index is 12.9. The van der Waals surface area contributed by atoms with Gasteiger partial charge in [0, 0.05) is 17.7 Å². The third kappa shape index (κ3) is 4.97. The molecular formula is C24H17N3O9. The summed E-state index contributed by atoms with van der Waals surface area (Å²) in [5.41, 5.74) is -0.265. The molecule has 4 rings (SSSR count). The van der Waals surface area contributed by atoms with Crippen LogP contribution in [-0.4, -0.2) is 40.8 Å². The van der Waals surface area contributed by atoms with E-state index in [0.717, 1.165) is 17.0 Å². The molecule has 0 unspecified atom stereocenters.